The van der Waals surface area contributed by atoms with Gasteiger partial charge in [-0.1, -0.05) is 36.5 Å². The molecule has 1 saturated heterocycles. The van der Waals surface area contributed by atoms with E-state index in [1.807, 2.05) is 6.92 Å². The number of aliphatic hydroxyl groups is 1. The summed E-state index contributed by atoms with van der Waals surface area (Å²) in [7, 11) is 0. The van der Waals surface area contributed by atoms with Crippen molar-refractivity contribution in [3.05, 3.63) is 27.5 Å². The molecule has 1 N–H and O–H groups in total. The Morgan fingerprint density at radius 1 is 1.39 bits per heavy atom. The molecular weight excluding hydrogens is 431 g/mol. The molecule has 1 aliphatic rings. The van der Waals surface area contributed by atoms with Crippen molar-refractivity contribution in [1.82, 2.24) is 9.55 Å². The Morgan fingerprint density at radius 3 is 2.79 bits per heavy atom. The van der Waals surface area contributed by atoms with Crippen LogP contribution in [-0.2, 0) is 19.0 Å². The van der Waals surface area contributed by atoms with Crippen molar-refractivity contribution in [2.75, 3.05) is 13.2 Å². The predicted octanol–water partition coefficient (Wildman–Crippen LogP) is 4.00. The standard InChI is InChI=1S/C18H21Cl3N2O5/c1-3-4-5-26-8-14-15(25)16(27-9(2)24)17(28-14)23-13-7-11(20)10(19)6-12(13)22-18(23)21/h6-7,14-17,25H,3-5,8H2,1-2H3/t14-,15-,16-,17?/m1/s1/i4D/t4?,14-,15-,16-,17?. The fraction of sp³-hybridized carbons (Fsp3) is 0.556. The van der Waals surface area contributed by atoms with Gasteiger partial charge in [0.1, 0.15) is 12.2 Å². The van der Waals surface area contributed by atoms with Crippen molar-refractivity contribution in [2.24, 2.45) is 0 Å². The van der Waals surface area contributed by atoms with Crippen LogP contribution in [0.3, 0.4) is 0 Å². The molecule has 0 spiro atoms. The van der Waals surface area contributed by atoms with Crippen LogP contribution >= 0.6 is 34.8 Å². The van der Waals surface area contributed by atoms with Crippen LogP contribution in [0.1, 0.15) is 34.3 Å². The van der Waals surface area contributed by atoms with E-state index in [2.05, 4.69) is 4.98 Å². The van der Waals surface area contributed by atoms with Crippen molar-refractivity contribution in [1.29, 1.82) is 0 Å². The molecule has 0 aliphatic carbocycles. The summed E-state index contributed by atoms with van der Waals surface area (Å²) in [6, 6.07) is 3.14. The molecule has 5 atom stereocenters. The minimum atomic E-state index is -1.16. The Hall–Kier alpha value is -1.09. The highest BCUT2D eigenvalue weighted by atomic mass is 35.5. The number of esters is 1. The third-order valence-corrected chi connectivity index (χ3v) is 5.35. The van der Waals surface area contributed by atoms with E-state index in [0.29, 0.717) is 27.5 Å². The Bertz CT molecular complexity index is 896. The summed E-state index contributed by atoms with van der Waals surface area (Å²) < 4.78 is 26.0. The van der Waals surface area contributed by atoms with Gasteiger partial charge in [0, 0.05) is 14.9 Å². The average molecular weight is 453 g/mol. The second-order valence-electron chi connectivity index (χ2n) is 6.37. The number of imidazole rings is 1. The normalized spacial score (nSPS) is 26.4. The van der Waals surface area contributed by atoms with Crippen molar-refractivity contribution >= 4 is 51.8 Å². The van der Waals surface area contributed by atoms with Crippen molar-refractivity contribution < 1.29 is 25.5 Å². The number of aliphatic hydroxyl groups excluding tert-OH is 1. The van der Waals surface area contributed by atoms with Gasteiger partial charge in [-0.3, -0.25) is 9.36 Å². The number of ether oxygens (including phenoxy) is 3. The first-order valence-corrected chi connectivity index (χ1v) is 9.89. The van der Waals surface area contributed by atoms with Gasteiger partial charge in [0.15, 0.2) is 12.3 Å². The van der Waals surface area contributed by atoms with Gasteiger partial charge in [0.05, 0.1) is 27.7 Å². The number of hydrogen-bond donors (Lipinski definition) is 1. The lowest BCUT2D eigenvalue weighted by Gasteiger charge is -2.22. The van der Waals surface area contributed by atoms with Crippen LogP contribution in [0.4, 0.5) is 0 Å². The highest BCUT2D eigenvalue weighted by Crippen LogP contribution is 2.38. The van der Waals surface area contributed by atoms with Crippen LogP contribution in [0.15, 0.2) is 12.1 Å². The number of aromatic nitrogens is 2. The van der Waals surface area contributed by atoms with Gasteiger partial charge < -0.3 is 19.3 Å². The minimum absolute atomic E-state index is 0.0294. The molecule has 154 valence electrons. The van der Waals surface area contributed by atoms with E-state index >= 15 is 0 Å². The average Bonchev–Trinajstić information content (AvgIpc) is 3.11. The zero-order valence-corrected chi connectivity index (χ0v) is 17.5. The van der Waals surface area contributed by atoms with Gasteiger partial charge in [-0.25, -0.2) is 4.98 Å². The topological polar surface area (TPSA) is 82.8 Å². The van der Waals surface area contributed by atoms with Gasteiger partial charge in [0.2, 0.25) is 5.28 Å². The zero-order chi connectivity index (χ0) is 21.3. The highest BCUT2D eigenvalue weighted by Gasteiger charge is 2.48. The van der Waals surface area contributed by atoms with E-state index in [9.17, 15) is 9.90 Å². The molecular formula is C18H21Cl3N2O5. The largest absolute Gasteiger partial charge is 0.455 e. The molecule has 0 radical (unpaired) electrons. The van der Waals surface area contributed by atoms with E-state index in [4.69, 9.17) is 50.4 Å². The summed E-state index contributed by atoms with van der Waals surface area (Å²) >= 11 is 18.5. The molecule has 1 fully saturated rings. The third-order valence-electron chi connectivity index (χ3n) is 4.36. The van der Waals surface area contributed by atoms with E-state index < -0.39 is 30.5 Å². The molecule has 1 aliphatic heterocycles. The number of carbonyl (C=O) groups is 1. The first kappa shape index (κ1) is 20.2. The summed E-state index contributed by atoms with van der Waals surface area (Å²) in [6.07, 6.45) is -3.66. The van der Waals surface area contributed by atoms with Crippen molar-refractivity contribution in [3.8, 4) is 0 Å². The Balaban J connectivity index is 1.91. The van der Waals surface area contributed by atoms with Gasteiger partial charge >= 0.3 is 5.97 Å². The van der Waals surface area contributed by atoms with Crippen molar-refractivity contribution in [2.45, 2.75) is 51.2 Å². The zero-order valence-electron chi connectivity index (χ0n) is 16.3. The van der Waals surface area contributed by atoms with Gasteiger partial charge in [-0.2, -0.15) is 0 Å². The Labute approximate surface area is 178 Å². The van der Waals surface area contributed by atoms with E-state index in [0.717, 1.165) is 0 Å². The Morgan fingerprint density at radius 2 is 2.11 bits per heavy atom. The molecule has 0 saturated carbocycles. The summed E-state index contributed by atoms with van der Waals surface area (Å²) in [5.74, 6) is -0.581. The van der Waals surface area contributed by atoms with Crippen LogP contribution in [0.25, 0.3) is 11.0 Å². The maximum Gasteiger partial charge on any atom is 0.303 e. The summed E-state index contributed by atoms with van der Waals surface area (Å²) in [4.78, 5) is 15.9. The molecule has 1 aromatic carbocycles. The SMILES string of the molecule is [2H]C(CC)COC[C@H]1OC(n2c(Cl)nc3cc(Cl)c(Cl)cc32)[C@H](OC(C)=O)[C@@H]1O. The van der Waals surface area contributed by atoms with Gasteiger partial charge in [-0.05, 0) is 30.1 Å². The number of hydrogen-bond acceptors (Lipinski definition) is 6. The molecule has 3 rings (SSSR count). The molecule has 10 heteroatoms. The number of carbonyl (C=O) groups excluding carboxylic acids is 1. The summed E-state index contributed by atoms with van der Waals surface area (Å²) in [5, 5.41) is 11.4. The van der Waals surface area contributed by atoms with E-state index in [1.165, 1.54) is 11.5 Å². The highest BCUT2D eigenvalue weighted by molar-refractivity contribution is 6.42. The minimum Gasteiger partial charge on any atom is -0.455 e. The van der Waals surface area contributed by atoms with Crippen molar-refractivity contribution in [3.63, 3.8) is 0 Å². The quantitative estimate of drug-likeness (QED) is 0.639. The lowest BCUT2D eigenvalue weighted by atomic mass is 10.1. The lowest BCUT2D eigenvalue weighted by Crippen LogP contribution is -2.37. The van der Waals surface area contributed by atoms with E-state index in [-0.39, 0.29) is 24.9 Å². The molecule has 1 aromatic heterocycles. The maximum absolute atomic E-state index is 11.6. The second kappa shape index (κ2) is 9.15. The van der Waals surface area contributed by atoms with Crippen LogP contribution in [0.2, 0.25) is 15.3 Å². The number of fused-ring (bicyclic) bond motifs is 1. The predicted molar refractivity (Wildman–Crippen MR) is 106 cm³/mol. The molecule has 0 bridgehead atoms. The molecule has 2 aromatic rings. The fourth-order valence-corrected chi connectivity index (χ4v) is 3.67. The summed E-state index contributed by atoms with van der Waals surface area (Å²) in [6.45, 7) is 3.36. The second-order valence-corrected chi connectivity index (χ2v) is 7.52. The summed E-state index contributed by atoms with van der Waals surface area (Å²) in [5.41, 5.74) is 0.987. The van der Waals surface area contributed by atoms with Gasteiger partial charge in [0.25, 0.3) is 0 Å². The third kappa shape index (κ3) is 4.40. The molecule has 2 unspecified atom stereocenters. The number of halogens is 3. The lowest BCUT2D eigenvalue weighted by molar-refractivity contribution is -0.155. The smallest absolute Gasteiger partial charge is 0.303 e. The number of rotatable bonds is 7. The van der Waals surface area contributed by atoms with Crippen LogP contribution in [0.5, 0.6) is 0 Å². The number of benzene rings is 1. The fourth-order valence-electron chi connectivity index (χ4n) is 3.07. The van der Waals surface area contributed by atoms with Gasteiger partial charge in [-0.15, -0.1) is 0 Å². The van der Waals surface area contributed by atoms with Crippen LogP contribution in [-0.4, -0.2) is 52.2 Å². The number of nitrogens with zero attached hydrogens (tertiary/aromatic N) is 2. The molecule has 28 heavy (non-hydrogen) atoms. The van der Waals surface area contributed by atoms with Crippen LogP contribution in [0, 0.1) is 0 Å². The molecule has 2 heterocycles. The maximum atomic E-state index is 11.6. The molecule has 7 nitrogen and oxygen atoms in total. The first-order valence-electron chi connectivity index (χ1n) is 9.33. The van der Waals surface area contributed by atoms with E-state index in [1.54, 1.807) is 12.1 Å². The van der Waals surface area contributed by atoms with Crippen LogP contribution < -0.4 is 0 Å². The first-order chi connectivity index (χ1) is 13.7. The monoisotopic (exact) mass is 451 g/mol. The molecule has 0 amide bonds. The Kier molecular flexibility index (Phi) is 6.60.